The first-order chi connectivity index (χ1) is 9.36. The number of nitrogens with zero attached hydrogens (tertiary/aromatic N) is 2. The van der Waals surface area contributed by atoms with Crippen LogP contribution in [0.4, 0.5) is 11.4 Å². The van der Waals surface area contributed by atoms with Crippen molar-refractivity contribution >= 4 is 17.3 Å². The van der Waals surface area contributed by atoms with Crippen molar-refractivity contribution in [2.45, 2.75) is 33.7 Å². The van der Waals surface area contributed by atoms with Gasteiger partial charge in [-0.05, 0) is 39.3 Å². The molecule has 0 bridgehead atoms. The number of hydrogen-bond donors (Lipinski definition) is 0. The van der Waals surface area contributed by atoms with E-state index in [4.69, 9.17) is 4.74 Å². The zero-order valence-corrected chi connectivity index (χ0v) is 12.3. The van der Waals surface area contributed by atoms with Crippen molar-refractivity contribution in [2.75, 3.05) is 18.1 Å². The molecule has 1 aromatic rings. The van der Waals surface area contributed by atoms with Crippen LogP contribution in [0.25, 0.3) is 0 Å². The molecule has 0 aromatic heterocycles. The fourth-order valence-corrected chi connectivity index (χ4v) is 1.97. The molecular weight excluding hydrogens is 260 g/mol. The molecule has 1 rings (SSSR count). The van der Waals surface area contributed by atoms with Crippen LogP contribution in [0, 0.1) is 17.0 Å². The fourth-order valence-electron chi connectivity index (χ4n) is 1.97. The van der Waals surface area contributed by atoms with Crippen LogP contribution >= 0.6 is 0 Å². The Bertz CT molecular complexity index is 500. The average molecular weight is 280 g/mol. The van der Waals surface area contributed by atoms with E-state index in [1.807, 2.05) is 18.7 Å². The summed E-state index contributed by atoms with van der Waals surface area (Å²) < 4.78 is 4.96. The summed E-state index contributed by atoms with van der Waals surface area (Å²) in [6.45, 7) is 7.94. The number of aryl methyl sites for hydroxylation is 1. The highest BCUT2D eigenvalue weighted by molar-refractivity contribution is 5.76. The minimum atomic E-state index is -0.429. The van der Waals surface area contributed by atoms with E-state index >= 15 is 0 Å². The van der Waals surface area contributed by atoms with Gasteiger partial charge in [0.25, 0.3) is 5.69 Å². The predicted molar refractivity (Wildman–Crippen MR) is 76.9 cm³/mol. The van der Waals surface area contributed by atoms with Crippen molar-refractivity contribution in [3.05, 3.63) is 33.9 Å². The first kappa shape index (κ1) is 15.9. The molecule has 0 saturated heterocycles. The van der Waals surface area contributed by atoms with Gasteiger partial charge in [-0.25, -0.2) is 0 Å². The second kappa shape index (κ2) is 6.88. The highest BCUT2D eigenvalue weighted by Gasteiger charge is 2.19. The number of anilines is 1. The SMILES string of the molecule is CCOC(=O)CN(c1ccc([N+](=O)[O-])cc1C)C(C)C. The van der Waals surface area contributed by atoms with Crippen LogP contribution in [0.1, 0.15) is 26.3 Å². The van der Waals surface area contributed by atoms with E-state index in [-0.39, 0.29) is 24.2 Å². The molecule has 0 aliphatic rings. The first-order valence-corrected chi connectivity index (χ1v) is 6.54. The van der Waals surface area contributed by atoms with Gasteiger partial charge < -0.3 is 9.64 Å². The van der Waals surface area contributed by atoms with Gasteiger partial charge in [-0.2, -0.15) is 0 Å². The molecule has 0 saturated carbocycles. The monoisotopic (exact) mass is 280 g/mol. The third-order valence-corrected chi connectivity index (χ3v) is 2.93. The van der Waals surface area contributed by atoms with E-state index in [2.05, 4.69) is 0 Å². The third-order valence-electron chi connectivity index (χ3n) is 2.93. The van der Waals surface area contributed by atoms with Crippen molar-refractivity contribution in [1.29, 1.82) is 0 Å². The summed E-state index contributed by atoms with van der Waals surface area (Å²) >= 11 is 0. The lowest BCUT2D eigenvalue weighted by atomic mass is 10.1. The van der Waals surface area contributed by atoms with Gasteiger partial charge in [0.05, 0.1) is 11.5 Å². The molecule has 0 radical (unpaired) electrons. The molecular formula is C14H20N2O4. The number of rotatable bonds is 6. The molecule has 0 aliphatic heterocycles. The number of hydrogen-bond acceptors (Lipinski definition) is 5. The standard InChI is InChI=1S/C14H20N2O4/c1-5-20-14(17)9-15(10(2)3)13-7-6-12(16(18)19)8-11(13)4/h6-8,10H,5,9H2,1-4H3. The molecule has 0 amide bonds. The van der Waals surface area contributed by atoms with Gasteiger partial charge in [0.2, 0.25) is 0 Å². The number of esters is 1. The Morgan fingerprint density at radius 1 is 1.45 bits per heavy atom. The van der Waals surface area contributed by atoms with Crippen molar-refractivity contribution in [3.63, 3.8) is 0 Å². The van der Waals surface area contributed by atoms with Crippen molar-refractivity contribution in [2.24, 2.45) is 0 Å². The summed E-state index contributed by atoms with van der Waals surface area (Å²) in [6, 6.07) is 4.71. The number of carbonyl (C=O) groups excluding carboxylic acids is 1. The number of non-ortho nitro benzene ring substituents is 1. The molecule has 0 unspecified atom stereocenters. The van der Waals surface area contributed by atoms with Gasteiger partial charge in [0.1, 0.15) is 6.54 Å². The summed E-state index contributed by atoms with van der Waals surface area (Å²) in [4.78, 5) is 23.8. The Labute approximate surface area is 118 Å². The maximum Gasteiger partial charge on any atom is 0.325 e. The van der Waals surface area contributed by atoms with Crippen LogP contribution in [-0.4, -0.2) is 30.1 Å². The summed E-state index contributed by atoms with van der Waals surface area (Å²) in [5.74, 6) is -0.307. The quantitative estimate of drug-likeness (QED) is 0.455. The minimum Gasteiger partial charge on any atom is -0.465 e. The van der Waals surface area contributed by atoms with Gasteiger partial charge in [-0.1, -0.05) is 0 Å². The maximum absolute atomic E-state index is 11.6. The molecule has 0 fully saturated rings. The molecule has 0 N–H and O–H groups in total. The number of carbonyl (C=O) groups is 1. The summed E-state index contributed by atoms with van der Waals surface area (Å²) in [5.41, 5.74) is 1.61. The van der Waals surface area contributed by atoms with Crippen LogP contribution in [0.5, 0.6) is 0 Å². The largest absolute Gasteiger partial charge is 0.465 e. The number of nitro benzene ring substituents is 1. The Balaban J connectivity index is 3.03. The molecule has 0 spiro atoms. The van der Waals surface area contributed by atoms with E-state index < -0.39 is 4.92 Å². The first-order valence-electron chi connectivity index (χ1n) is 6.54. The number of benzene rings is 1. The van der Waals surface area contributed by atoms with Crippen LogP contribution in [0.15, 0.2) is 18.2 Å². The second-order valence-corrected chi connectivity index (χ2v) is 4.75. The number of ether oxygens (including phenoxy) is 1. The maximum atomic E-state index is 11.6. The average Bonchev–Trinajstić information content (AvgIpc) is 2.36. The molecule has 20 heavy (non-hydrogen) atoms. The summed E-state index contributed by atoms with van der Waals surface area (Å²) in [7, 11) is 0. The lowest BCUT2D eigenvalue weighted by molar-refractivity contribution is -0.384. The molecule has 0 heterocycles. The van der Waals surface area contributed by atoms with E-state index in [0.717, 1.165) is 11.3 Å². The topological polar surface area (TPSA) is 72.7 Å². The van der Waals surface area contributed by atoms with Crippen molar-refractivity contribution in [3.8, 4) is 0 Å². The Morgan fingerprint density at radius 2 is 2.10 bits per heavy atom. The van der Waals surface area contributed by atoms with E-state index in [1.54, 1.807) is 19.9 Å². The van der Waals surface area contributed by atoms with E-state index in [1.165, 1.54) is 12.1 Å². The van der Waals surface area contributed by atoms with Gasteiger partial charge in [0, 0.05) is 23.9 Å². The Morgan fingerprint density at radius 3 is 2.55 bits per heavy atom. The molecule has 0 atom stereocenters. The van der Waals surface area contributed by atoms with Crippen LogP contribution in [0.3, 0.4) is 0 Å². The Kier molecular flexibility index (Phi) is 5.49. The zero-order chi connectivity index (χ0) is 15.3. The smallest absolute Gasteiger partial charge is 0.325 e. The normalized spacial score (nSPS) is 10.4. The lowest BCUT2D eigenvalue weighted by Crippen LogP contribution is -2.37. The second-order valence-electron chi connectivity index (χ2n) is 4.75. The van der Waals surface area contributed by atoms with Gasteiger partial charge in [-0.15, -0.1) is 0 Å². The van der Waals surface area contributed by atoms with Gasteiger partial charge in [-0.3, -0.25) is 14.9 Å². The van der Waals surface area contributed by atoms with Crippen molar-refractivity contribution < 1.29 is 14.5 Å². The van der Waals surface area contributed by atoms with Crippen LogP contribution in [-0.2, 0) is 9.53 Å². The molecule has 0 aliphatic carbocycles. The molecule has 1 aromatic carbocycles. The van der Waals surface area contributed by atoms with Crippen LogP contribution < -0.4 is 4.90 Å². The van der Waals surface area contributed by atoms with Crippen LogP contribution in [0.2, 0.25) is 0 Å². The predicted octanol–water partition coefficient (Wildman–Crippen LogP) is 2.68. The lowest BCUT2D eigenvalue weighted by Gasteiger charge is -2.29. The van der Waals surface area contributed by atoms with Gasteiger partial charge >= 0.3 is 5.97 Å². The molecule has 110 valence electrons. The highest BCUT2D eigenvalue weighted by atomic mass is 16.6. The van der Waals surface area contributed by atoms with E-state index in [9.17, 15) is 14.9 Å². The molecule has 6 nitrogen and oxygen atoms in total. The Hall–Kier alpha value is -2.11. The molecule has 6 heteroatoms. The zero-order valence-electron chi connectivity index (χ0n) is 12.3. The van der Waals surface area contributed by atoms with Crippen molar-refractivity contribution in [1.82, 2.24) is 0 Å². The van der Waals surface area contributed by atoms with Gasteiger partial charge in [0.15, 0.2) is 0 Å². The minimum absolute atomic E-state index is 0.0473. The third kappa shape index (κ3) is 3.94. The van der Waals surface area contributed by atoms with E-state index in [0.29, 0.717) is 6.61 Å². The number of nitro groups is 1. The highest BCUT2D eigenvalue weighted by Crippen LogP contribution is 2.26. The fraction of sp³-hybridized carbons (Fsp3) is 0.500. The summed E-state index contributed by atoms with van der Waals surface area (Å²) in [5, 5.41) is 10.7. The summed E-state index contributed by atoms with van der Waals surface area (Å²) in [6.07, 6.45) is 0.